The van der Waals surface area contributed by atoms with Gasteiger partial charge in [0.2, 0.25) is 0 Å². The Morgan fingerprint density at radius 2 is 1.89 bits per heavy atom. The molecule has 98 valence electrons. The van der Waals surface area contributed by atoms with Crippen molar-refractivity contribution in [3.05, 3.63) is 61.1 Å². The van der Waals surface area contributed by atoms with E-state index in [2.05, 4.69) is 43.8 Å². The predicted octanol–water partition coefficient (Wildman–Crippen LogP) is 4.92. The zero-order valence-corrected chi connectivity index (χ0v) is 14.4. The van der Waals surface area contributed by atoms with Crippen LogP contribution >= 0.6 is 38.5 Å². The average molecular weight is 430 g/mol. The zero-order valence-electron chi connectivity index (χ0n) is 10.6. The topological polar surface area (TPSA) is 29.1 Å². The number of carbonyl (C=O) groups excluding carboxylic acids is 1. The van der Waals surface area contributed by atoms with Gasteiger partial charge >= 0.3 is 0 Å². The minimum absolute atomic E-state index is 0.100. The van der Waals surface area contributed by atoms with Crippen molar-refractivity contribution >= 4 is 50.1 Å². The summed E-state index contributed by atoms with van der Waals surface area (Å²) >= 11 is 5.67. The fraction of sp³-hybridized carbons (Fsp3) is 0.133. The minimum atomic E-state index is -0.100. The van der Waals surface area contributed by atoms with Crippen LogP contribution in [0.5, 0.6) is 0 Å². The quantitative estimate of drug-likeness (QED) is 0.674. The molecule has 0 aliphatic rings. The van der Waals surface area contributed by atoms with Crippen molar-refractivity contribution in [2.45, 2.75) is 13.8 Å². The summed E-state index contributed by atoms with van der Waals surface area (Å²) in [5.74, 6) is -0.100. The van der Waals surface area contributed by atoms with Gasteiger partial charge in [0.15, 0.2) is 0 Å². The molecule has 1 N–H and O–H groups in total. The number of halogens is 2. The first-order valence-corrected chi connectivity index (χ1v) is 7.68. The first kappa shape index (κ1) is 14.5. The van der Waals surface area contributed by atoms with Gasteiger partial charge in [-0.1, -0.05) is 12.1 Å². The molecule has 19 heavy (non-hydrogen) atoms. The second kappa shape index (κ2) is 6.05. The third kappa shape index (κ3) is 3.57. The van der Waals surface area contributed by atoms with Crippen molar-refractivity contribution in [2.24, 2.45) is 0 Å². The van der Waals surface area contributed by atoms with Crippen LogP contribution in [0.4, 0.5) is 5.69 Å². The van der Waals surface area contributed by atoms with Gasteiger partial charge in [-0.05, 0) is 87.8 Å². The molecular weight excluding hydrogens is 417 g/mol. The lowest BCUT2D eigenvalue weighted by Crippen LogP contribution is -2.13. The van der Waals surface area contributed by atoms with Gasteiger partial charge in [-0.2, -0.15) is 0 Å². The lowest BCUT2D eigenvalue weighted by molar-refractivity contribution is 0.102. The van der Waals surface area contributed by atoms with Crippen molar-refractivity contribution in [2.75, 3.05) is 5.32 Å². The van der Waals surface area contributed by atoms with E-state index < -0.39 is 0 Å². The van der Waals surface area contributed by atoms with Crippen LogP contribution in [0.3, 0.4) is 0 Å². The average Bonchev–Trinajstić information content (AvgIpc) is 2.33. The number of carbonyl (C=O) groups is 1. The summed E-state index contributed by atoms with van der Waals surface area (Å²) in [4.78, 5) is 12.3. The second-order valence-corrected chi connectivity index (χ2v) is 6.50. The van der Waals surface area contributed by atoms with E-state index in [1.807, 2.05) is 50.2 Å². The first-order valence-electron chi connectivity index (χ1n) is 5.81. The van der Waals surface area contributed by atoms with Gasteiger partial charge in [-0.15, -0.1) is 0 Å². The number of benzene rings is 2. The van der Waals surface area contributed by atoms with E-state index in [0.717, 1.165) is 24.9 Å². The molecule has 2 nitrogen and oxygen atoms in total. The van der Waals surface area contributed by atoms with Crippen LogP contribution in [0, 0.1) is 17.4 Å². The van der Waals surface area contributed by atoms with Gasteiger partial charge in [-0.3, -0.25) is 4.79 Å². The van der Waals surface area contributed by atoms with Gasteiger partial charge in [0.1, 0.15) is 0 Å². The number of hydrogen-bond acceptors (Lipinski definition) is 1. The normalized spacial score (nSPS) is 10.3. The monoisotopic (exact) mass is 429 g/mol. The molecule has 0 saturated carbocycles. The molecule has 0 radical (unpaired) electrons. The van der Waals surface area contributed by atoms with Crippen LogP contribution < -0.4 is 5.32 Å². The zero-order chi connectivity index (χ0) is 14.0. The van der Waals surface area contributed by atoms with Crippen molar-refractivity contribution in [3.8, 4) is 0 Å². The van der Waals surface area contributed by atoms with Crippen molar-refractivity contribution in [3.63, 3.8) is 0 Å². The molecule has 0 aromatic heterocycles. The van der Waals surface area contributed by atoms with Crippen molar-refractivity contribution in [1.82, 2.24) is 0 Å². The Morgan fingerprint density at radius 3 is 2.58 bits per heavy atom. The van der Waals surface area contributed by atoms with E-state index in [4.69, 9.17) is 0 Å². The van der Waals surface area contributed by atoms with E-state index in [9.17, 15) is 4.79 Å². The van der Waals surface area contributed by atoms with E-state index in [1.54, 1.807) is 0 Å². The van der Waals surface area contributed by atoms with Crippen LogP contribution in [-0.4, -0.2) is 5.91 Å². The van der Waals surface area contributed by atoms with Crippen molar-refractivity contribution in [1.29, 1.82) is 0 Å². The van der Waals surface area contributed by atoms with Gasteiger partial charge in [0, 0.05) is 13.7 Å². The number of rotatable bonds is 2. The molecule has 0 bridgehead atoms. The van der Waals surface area contributed by atoms with Crippen LogP contribution in [0.2, 0.25) is 0 Å². The van der Waals surface area contributed by atoms with Crippen LogP contribution in [0.1, 0.15) is 21.5 Å². The van der Waals surface area contributed by atoms with Gasteiger partial charge in [-0.25, -0.2) is 0 Å². The standard InChI is InChI=1S/C15H13BrINO/c1-9-3-6-12(13(16)7-9)15(19)18-14-8-11(17)5-4-10(14)2/h3-8H,1-2H3,(H,18,19). The largest absolute Gasteiger partial charge is 0.322 e. The highest BCUT2D eigenvalue weighted by Crippen LogP contribution is 2.22. The summed E-state index contributed by atoms with van der Waals surface area (Å²) in [5, 5.41) is 2.95. The molecule has 0 aliphatic heterocycles. The summed E-state index contributed by atoms with van der Waals surface area (Å²) < 4.78 is 1.91. The molecule has 4 heteroatoms. The summed E-state index contributed by atoms with van der Waals surface area (Å²) in [5.41, 5.74) is 3.67. The Labute approximate surface area is 134 Å². The lowest BCUT2D eigenvalue weighted by Gasteiger charge is -2.10. The van der Waals surface area contributed by atoms with E-state index in [0.29, 0.717) is 5.56 Å². The summed E-state index contributed by atoms with van der Waals surface area (Å²) in [6, 6.07) is 11.7. The molecule has 2 rings (SSSR count). The maximum Gasteiger partial charge on any atom is 0.256 e. The predicted molar refractivity (Wildman–Crippen MR) is 90.7 cm³/mol. The highest BCUT2D eigenvalue weighted by molar-refractivity contribution is 14.1. The maximum atomic E-state index is 12.3. The number of nitrogens with one attached hydrogen (secondary N) is 1. The highest BCUT2D eigenvalue weighted by Gasteiger charge is 2.11. The molecule has 0 saturated heterocycles. The van der Waals surface area contributed by atoms with Crippen LogP contribution in [0.15, 0.2) is 40.9 Å². The molecule has 0 atom stereocenters. The molecule has 0 aliphatic carbocycles. The maximum absolute atomic E-state index is 12.3. The Hall–Kier alpha value is -0.880. The van der Waals surface area contributed by atoms with Crippen LogP contribution in [-0.2, 0) is 0 Å². The highest BCUT2D eigenvalue weighted by atomic mass is 127. The third-order valence-electron chi connectivity index (χ3n) is 2.82. The summed E-state index contributed by atoms with van der Waals surface area (Å²) in [6.45, 7) is 3.98. The molecule has 2 aromatic rings. The minimum Gasteiger partial charge on any atom is -0.322 e. The third-order valence-corrected chi connectivity index (χ3v) is 4.14. The van der Waals surface area contributed by atoms with Gasteiger partial charge < -0.3 is 5.32 Å². The number of amides is 1. The first-order chi connectivity index (χ1) is 8.97. The molecule has 1 amide bonds. The Bertz CT molecular complexity index is 640. The molecular formula is C15H13BrINO. The summed E-state index contributed by atoms with van der Waals surface area (Å²) in [7, 11) is 0. The Morgan fingerprint density at radius 1 is 1.16 bits per heavy atom. The fourth-order valence-electron chi connectivity index (χ4n) is 1.72. The fourth-order valence-corrected chi connectivity index (χ4v) is 2.89. The lowest BCUT2D eigenvalue weighted by atomic mass is 10.1. The number of aryl methyl sites for hydroxylation is 2. The van der Waals surface area contributed by atoms with E-state index in [-0.39, 0.29) is 5.91 Å². The molecule has 2 aromatic carbocycles. The van der Waals surface area contributed by atoms with Gasteiger partial charge in [0.25, 0.3) is 5.91 Å². The number of anilines is 1. The van der Waals surface area contributed by atoms with Crippen molar-refractivity contribution < 1.29 is 4.79 Å². The Kier molecular flexibility index (Phi) is 4.62. The van der Waals surface area contributed by atoms with E-state index in [1.165, 1.54) is 0 Å². The molecule has 0 spiro atoms. The van der Waals surface area contributed by atoms with Gasteiger partial charge in [0.05, 0.1) is 5.56 Å². The molecule has 0 heterocycles. The number of hydrogen-bond donors (Lipinski definition) is 1. The molecule has 0 fully saturated rings. The van der Waals surface area contributed by atoms with Crippen LogP contribution in [0.25, 0.3) is 0 Å². The second-order valence-electron chi connectivity index (χ2n) is 4.40. The SMILES string of the molecule is Cc1ccc(C(=O)Nc2cc(I)ccc2C)c(Br)c1. The summed E-state index contributed by atoms with van der Waals surface area (Å²) in [6.07, 6.45) is 0. The smallest absolute Gasteiger partial charge is 0.256 e. The van der Waals surface area contributed by atoms with E-state index >= 15 is 0 Å². The molecule has 0 unspecified atom stereocenters. The Balaban J connectivity index is 2.28.